The number of nitrogens with zero attached hydrogens (tertiary/aromatic N) is 1. The van der Waals surface area contributed by atoms with Gasteiger partial charge in [-0.25, -0.2) is 0 Å². The van der Waals surface area contributed by atoms with Crippen LogP contribution in [0.25, 0.3) is 0 Å². The molecule has 0 unspecified atom stereocenters. The van der Waals surface area contributed by atoms with E-state index in [9.17, 15) is 9.59 Å². The maximum Gasteiger partial charge on any atom is 0.293 e. The summed E-state index contributed by atoms with van der Waals surface area (Å²) in [6.45, 7) is 2.43. The topological polar surface area (TPSA) is 62.6 Å². The van der Waals surface area contributed by atoms with Crippen LogP contribution in [0, 0.1) is 0 Å². The Bertz CT molecular complexity index is 677. The summed E-state index contributed by atoms with van der Waals surface area (Å²) in [7, 11) is 0. The van der Waals surface area contributed by atoms with E-state index in [2.05, 4.69) is 5.32 Å². The van der Waals surface area contributed by atoms with E-state index in [1.807, 2.05) is 18.2 Å². The minimum Gasteiger partial charge on any atom is -0.459 e. The summed E-state index contributed by atoms with van der Waals surface area (Å²) in [4.78, 5) is 25.6. The first kappa shape index (κ1) is 13.4. The monoisotopic (exact) mass is 284 g/mol. The first-order valence-electron chi connectivity index (χ1n) is 6.97. The van der Waals surface area contributed by atoms with Gasteiger partial charge in [0.1, 0.15) is 0 Å². The molecule has 0 saturated carbocycles. The molecule has 5 heteroatoms. The summed E-state index contributed by atoms with van der Waals surface area (Å²) in [6, 6.07) is 9.02. The van der Waals surface area contributed by atoms with Crippen molar-refractivity contribution in [3.63, 3.8) is 0 Å². The van der Waals surface area contributed by atoms with Crippen molar-refractivity contribution in [1.82, 2.24) is 0 Å². The third kappa shape index (κ3) is 2.54. The summed E-state index contributed by atoms with van der Waals surface area (Å²) >= 11 is 0. The number of fused-ring (bicyclic) bond motifs is 1. The van der Waals surface area contributed by atoms with Crippen LogP contribution in [-0.2, 0) is 11.2 Å². The van der Waals surface area contributed by atoms with E-state index in [1.165, 1.54) is 6.26 Å². The molecule has 0 radical (unpaired) electrons. The van der Waals surface area contributed by atoms with Gasteiger partial charge in [0.25, 0.3) is 5.91 Å². The van der Waals surface area contributed by atoms with E-state index in [0.717, 1.165) is 17.7 Å². The SMILES string of the molecule is CCC(=O)Nc1ccc2c(c1)N(C(=O)c1ccco1)CC2. The van der Waals surface area contributed by atoms with Gasteiger partial charge >= 0.3 is 0 Å². The van der Waals surface area contributed by atoms with Crippen LogP contribution in [0.4, 0.5) is 11.4 Å². The van der Waals surface area contributed by atoms with Crippen molar-refractivity contribution in [2.75, 3.05) is 16.8 Å². The molecule has 1 aliphatic rings. The molecule has 0 spiro atoms. The van der Waals surface area contributed by atoms with Crippen LogP contribution < -0.4 is 10.2 Å². The van der Waals surface area contributed by atoms with E-state index in [1.54, 1.807) is 24.0 Å². The predicted octanol–water partition coefficient (Wildman–Crippen LogP) is 2.83. The number of rotatable bonds is 3. The number of nitrogens with one attached hydrogen (secondary N) is 1. The maximum atomic E-state index is 12.4. The van der Waals surface area contributed by atoms with Gasteiger partial charge in [0.15, 0.2) is 5.76 Å². The smallest absolute Gasteiger partial charge is 0.293 e. The summed E-state index contributed by atoms with van der Waals surface area (Å²) < 4.78 is 5.17. The molecule has 0 atom stereocenters. The Kier molecular flexibility index (Phi) is 3.48. The Morgan fingerprint density at radius 2 is 2.19 bits per heavy atom. The third-order valence-electron chi connectivity index (χ3n) is 3.56. The second kappa shape index (κ2) is 5.44. The molecule has 108 valence electrons. The van der Waals surface area contributed by atoms with E-state index in [4.69, 9.17) is 4.42 Å². The third-order valence-corrected chi connectivity index (χ3v) is 3.56. The largest absolute Gasteiger partial charge is 0.459 e. The lowest BCUT2D eigenvalue weighted by molar-refractivity contribution is -0.115. The Morgan fingerprint density at radius 3 is 2.90 bits per heavy atom. The molecule has 2 aromatic rings. The molecule has 1 aromatic heterocycles. The van der Waals surface area contributed by atoms with Crippen LogP contribution in [-0.4, -0.2) is 18.4 Å². The Hall–Kier alpha value is -2.56. The fraction of sp³-hybridized carbons (Fsp3) is 0.250. The average Bonchev–Trinajstić information content (AvgIpc) is 3.15. The van der Waals surface area contributed by atoms with E-state index >= 15 is 0 Å². The van der Waals surface area contributed by atoms with Crippen LogP contribution in [0.1, 0.15) is 29.5 Å². The van der Waals surface area contributed by atoms with Crippen LogP contribution in [0.2, 0.25) is 0 Å². The van der Waals surface area contributed by atoms with Crippen molar-refractivity contribution < 1.29 is 14.0 Å². The molecule has 0 saturated heterocycles. The average molecular weight is 284 g/mol. The molecular formula is C16H16N2O3. The summed E-state index contributed by atoms with van der Waals surface area (Å²) in [5.74, 6) is 0.125. The second-order valence-corrected chi connectivity index (χ2v) is 4.93. The molecule has 0 bridgehead atoms. The van der Waals surface area contributed by atoms with Crippen molar-refractivity contribution in [2.24, 2.45) is 0 Å². The van der Waals surface area contributed by atoms with Gasteiger partial charge in [0.05, 0.1) is 6.26 Å². The lowest BCUT2D eigenvalue weighted by atomic mass is 10.1. The maximum absolute atomic E-state index is 12.4. The van der Waals surface area contributed by atoms with Gasteiger partial charge in [-0.1, -0.05) is 13.0 Å². The summed E-state index contributed by atoms with van der Waals surface area (Å²) in [5.41, 5.74) is 2.65. The molecule has 2 heterocycles. The Labute approximate surface area is 122 Å². The van der Waals surface area contributed by atoms with E-state index in [-0.39, 0.29) is 11.8 Å². The van der Waals surface area contributed by atoms with E-state index < -0.39 is 0 Å². The second-order valence-electron chi connectivity index (χ2n) is 4.93. The lowest BCUT2D eigenvalue weighted by Gasteiger charge is -2.16. The molecule has 1 aliphatic heterocycles. The molecule has 1 N–H and O–H groups in total. The zero-order valence-electron chi connectivity index (χ0n) is 11.8. The zero-order valence-corrected chi connectivity index (χ0v) is 11.8. The summed E-state index contributed by atoms with van der Waals surface area (Å²) in [6.07, 6.45) is 2.72. The van der Waals surface area contributed by atoms with Crippen molar-refractivity contribution in [1.29, 1.82) is 0 Å². The Morgan fingerprint density at radius 1 is 1.33 bits per heavy atom. The lowest BCUT2D eigenvalue weighted by Crippen LogP contribution is -2.28. The number of hydrogen-bond donors (Lipinski definition) is 1. The molecule has 0 fully saturated rings. The van der Waals surface area contributed by atoms with Gasteiger partial charge in [-0.3, -0.25) is 9.59 Å². The summed E-state index contributed by atoms with van der Waals surface area (Å²) in [5, 5.41) is 2.82. The van der Waals surface area contributed by atoms with Crippen LogP contribution >= 0.6 is 0 Å². The van der Waals surface area contributed by atoms with Gasteiger partial charge in [-0.15, -0.1) is 0 Å². The number of hydrogen-bond acceptors (Lipinski definition) is 3. The van der Waals surface area contributed by atoms with Crippen molar-refractivity contribution in [2.45, 2.75) is 19.8 Å². The standard InChI is InChI=1S/C16H16N2O3/c1-2-15(19)17-12-6-5-11-7-8-18(13(11)10-12)16(20)14-4-3-9-21-14/h3-6,9-10H,2,7-8H2,1H3,(H,17,19). The van der Waals surface area contributed by atoms with Crippen LogP contribution in [0.3, 0.4) is 0 Å². The predicted molar refractivity (Wildman–Crippen MR) is 79.5 cm³/mol. The molecule has 1 aromatic carbocycles. The van der Waals surface area contributed by atoms with Gasteiger partial charge in [0, 0.05) is 24.3 Å². The number of carbonyl (C=O) groups is 2. The van der Waals surface area contributed by atoms with Gasteiger partial charge in [-0.05, 0) is 36.2 Å². The fourth-order valence-electron chi connectivity index (χ4n) is 2.45. The van der Waals surface area contributed by atoms with Gasteiger partial charge in [0.2, 0.25) is 5.91 Å². The van der Waals surface area contributed by atoms with Crippen LogP contribution in [0.5, 0.6) is 0 Å². The highest BCUT2D eigenvalue weighted by atomic mass is 16.3. The Balaban J connectivity index is 1.88. The number of furan rings is 1. The van der Waals surface area contributed by atoms with Crippen molar-refractivity contribution in [3.8, 4) is 0 Å². The van der Waals surface area contributed by atoms with E-state index in [0.29, 0.717) is 24.4 Å². The highest BCUT2D eigenvalue weighted by Gasteiger charge is 2.27. The minimum absolute atomic E-state index is 0.0446. The molecule has 21 heavy (non-hydrogen) atoms. The number of amides is 2. The molecular weight excluding hydrogens is 268 g/mol. The van der Waals surface area contributed by atoms with Crippen LogP contribution in [0.15, 0.2) is 41.0 Å². The highest BCUT2D eigenvalue weighted by Crippen LogP contribution is 2.32. The highest BCUT2D eigenvalue weighted by molar-refractivity contribution is 6.06. The van der Waals surface area contributed by atoms with Gasteiger partial charge < -0.3 is 14.6 Å². The molecule has 5 nitrogen and oxygen atoms in total. The number of benzene rings is 1. The van der Waals surface area contributed by atoms with Gasteiger partial charge in [-0.2, -0.15) is 0 Å². The zero-order chi connectivity index (χ0) is 14.8. The fourth-order valence-corrected chi connectivity index (χ4v) is 2.45. The molecule has 2 amide bonds. The first-order valence-corrected chi connectivity index (χ1v) is 6.97. The quantitative estimate of drug-likeness (QED) is 0.942. The van der Waals surface area contributed by atoms with Crippen molar-refractivity contribution in [3.05, 3.63) is 47.9 Å². The normalized spacial score (nSPS) is 13.1. The number of carbonyl (C=O) groups excluding carboxylic acids is 2. The van der Waals surface area contributed by atoms with Crippen molar-refractivity contribution >= 4 is 23.2 Å². The minimum atomic E-state index is -0.155. The molecule has 0 aliphatic carbocycles. The molecule has 3 rings (SSSR count). The number of anilines is 2. The first-order chi connectivity index (χ1) is 10.2.